The zero-order chi connectivity index (χ0) is 19.9. The van der Waals surface area contributed by atoms with Gasteiger partial charge in [0.05, 0.1) is 5.69 Å². The maximum absolute atomic E-state index is 13.4. The second kappa shape index (κ2) is 8.77. The van der Waals surface area contributed by atoms with Crippen LogP contribution in [0.2, 0.25) is 0 Å². The Morgan fingerprint density at radius 2 is 1.61 bits per heavy atom. The molecule has 3 aromatic carbocycles. The number of hydrogen-bond acceptors (Lipinski definition) is 4. The van der Waals surface area contributed by atoms with Crippen molar-refractivity contribution in [2.24, 2.45) is 0 Å². The highest BCUT2D eigenvalue weighted by Crippen LogP contribution is 2.15. The third kappa shape index (κ3) is 4.91. The van der Waals surface area contributed by atoms with Crippen LogP contribution in [-0.2, 0) is 14.3 Å². The molecule has 2 N–H and O–H groups in total. The quantitative estimate of drug-likeness (QED) is 0.644. The van der Waals surface area contributed by atoms with Gasteiger partial charge in [-0.05, 0) is 35.0 Å². The van der Waals surface area contributed by atoms with Crippen LogP contribution in [0, 0.1) is 5.82 Å². The van der Waals surface area contributed by atoms with E-state index < -0.39 is 36.8 Å². The maximum atomic E-state index is 13.4. The van der Waals surface area contributed by atoms with Gasteiger partial charge in [0.1, 0.15) is 12.4 Å². The molecule has 7 heteroatoms. The predicted molar refractivity (Wildman–Crippen MR) is 102 cm³/mol. The average molecular weight is 380 g/mol. The van der Waals surface area contributed by atoms with Crippen molar-refractivity contribution in [3.8, 4) is 0 Å². The highest BCUT2D eigenvalue weighted by Gasteiger charge is 2.12. The van der Waals surface area contributed by atoms with E-state index in [-0.39, 0.29) is 5.69 Å². The fraction of sp³-hybridized carbons (Fsp3) is 0.0952. The van der Waals surface area contributed by atoms with E-state index in [4.69, 9.17) is 4.74 Å². The maximum Gasteiger partial charge on any atom is 0.325 e. The molecule has 0 bridgehead atoms. The summed E-state index contributed by atoms with van der Waals surface area (Å²) in [4.78, 5) is 35.6. The highest BCUT2D eigenvalue weighted by atomic mass is 19.1. The number of halogens is 1. The van der Waals surface area contributed by atoms with E-state index in [2.05, 4.69) is 10.6 Å². The Morgan fingerprint density at radius 1 is 0.893 bits per heavy atom. The largest absolute Gasteiger partial charge is 0.454 e. The molecule has 0 saturated carbocycles. The number of anilines is 1. The Bertz CT molecular complexity index is 1040. The van der Waals surface area contributed by atoms with Crippen LogP contribution in [0.5, 0.6) is 0 Å². The lowest BCUT2D eigenvalue weighted by molar-refractivity contribution is -0.146. The third-order valence-corrected chi connectivity index (χ3v) is 3.92. The van der Waals surface area contributed by atoms with E-state index in [0.29, 0.717) is 5.56 Å². The van der Waals surface area contributed by atoms with Crippen molar-refractivity contribution in [3.63, 3.8) is 0 Å². The summed E-state index contributed by atoms with van der Waals surface area (Å²) in [6.45, 7) is -0.975. The Kier molecular flexibility index (Phi) is 5.96. The number of para-hydroxylation sites is 1. The van der Waals surface area contributed by atoms with Gasteiger partial charge in [-0.1, -0.05) is 42.5 Å². The van der Waals surface area contributed by atoms with Crippen molar-refractivity contribution < 1.29 is 23.5 Å². The van der Waals surface area contributed by atoms with Gasteiger partial charge in [0.25, 0.3) is 11.8 Å². The number of nitrogens with one attached hydrogen (secondary N) is 2. The summed E-state index contributed by atoms with van der Waals surface area (Å²) in [5.41, 5.74) is 0.400. The highest BCUT2D eigenvalue weighted by molar-refractivity contribution is 6.00. The molecule has 3 aromatic rings. The Morgan fingerprint density at radius 3 is 2.39 bits per heavy atom. The summed E-state index contributed by atoms with van der Waals surface area (Å²) in [6.07, 6.45) is 0. The minimum absolute atomic E-state index is 0.00634. The van der Waals surface area contributed by atoms with Gasteiger partial charge < -0.3 is 15.4 Å². The van der Waals surface area contributed by atoms with Gasteiger partial charge in [0.15, 0.2) is 6.61 Å². The number of amides is 2. The van der Waals surface area contributed by atoms with E-state index in [1.807, 2.05) is 30.3 Å². The molecule has 0 aliphatic rings. The molecule has 0 radical (unpaired) electrons. The van der Waals surface area contributed by atoms with E-state index in [0.717, 1.165) is 10.8 Å². The standard InChI is InChI=1S/C21H17FN2O4/c22-17-7-3-4-8-18(17)24-19(25)13-28-20(26)12-23-21(27)16-10-9-14-5-1-2-6-15(14)11-16/h1-11H,12-13H2,(H,23,27)(H,24,25). The summed E-state index contributed by atoms with van der Waals surface area (Å²) in [5.74, 6) is -2.49. The second-order valence-electron chi connectivity index (χ2n) is 5.93. The molecule has 0 heterocycles. The van der Waals surface area contributed by atoms with Gasteiger partial charge in [-0.3, -0.25) is 14.4 Å². The van der Waals surface area contributed by atoms with E-state index >= 15 is 0 Å². The first-order valence-corrected chi connectivity index (χ1v) is 8.50. The summed E-state index contributed by atoms with van der Waals surface area (Å²) in [5, 5.41) is 6.64. The van der Waals surface area contributed by atoms with Crippen LogP contribution in [0.4, 0.5) is 10.1 Å². The van der Waals surface area contributed by atoms with E-state index in [1.54, 1.807) is 18.2 Å². The number of rotatable bonds is 6. The Hall–Kier alpha value is -3.74. The van der Waals surface area contributed by atoms with Crippen LogP contribution in [-0.4, -0.2) is 30.9 Å². The summed E-state index contributed by atoms with van der Waals surface area (Å²) < 4.78 is 18.2. The number of fused-ring (bicyclic) bond motifs is 1. The number of carbonyl (C=O) groups excluding carboxylic acids is 3. The number of benzene rings is 3. The summed E-state index contributed by atoms with van der Waals surface area (Å²) in [7, 11) is 0. The molecule has 6 nitrogen and oxygen atoms in total. The number of carbonyl (C=O) groups is 3. The minimum atomic E-state index is -0.780. The van der Waals surface area contributed by atoms with Crippen molar-refractivity contribution in [2.45, 2.75) is 0 Å². The fourth-order valence-electron chi connectivity index (χ4n) is 2.53. The van der Waals surface area contributed by atoms with Crippen LogP contribution in [0.15, 0.2) is 66.7 Å². The van der Waals surface area contributed by atoms with Crippen LogP contribution >= 0.6 is 0 Å². The number of esters is 1. The monoisotopic (exact) mass is 380 g/mol. The molecular weight excluding hydrogens is 363 g/mol. The first kappa shape index (κ1) is 19.0. The van der Waals surface area contributed by atoms with Crippen molar-refractivity contribution >= 4 is 34.2 Å². The average Bonchev–Trinajstić information content (AvgIpc) is 2.71. The molecule has 0 spiro atoms. The summed E-state index contributed by atoms with van der Waals surface area (Å²) >= 11 is 0. The van der Waals surface area contributed by atoms with Crippen molar-refractivity contribution in [2.75, 3.05) is 18.5 Å². The SMILES string of the molecule is O=C(COC(=O)CNC(=O)c1ccc2ccccc2c1)Nc1ccccc1F. The normalized spacial score (nSPS) is 10.3. The fourth-order valence-corrected chi connectivity index (χ4v) is 2.53. The van der Waals surface area contributed by atoms with Gasteiger partial charge in [-0.2, -0.15) is 0 Å². The molecular formula is C21H17FN2O4. The Labute approximate surface area is 160 Å². The minimum Gasteiger partial charge on any atom is -0.454 e. The molecule has 142 valence electrons. The second-order valence-corrected chi connectivity index (χ2v) is 5.93. The van der Waals surface area contributed by atoms with Crippen LogP contribution in [0.25, 0.3) is 10.8 Å². The lowest BCUT2D eigenvalue weighted by Crippen LogP contribution is -2.32. The molecule has 0 saturated heterocycles. The Balaban J connectivity index is 1.46. The smallest absolute Gasteiger partial charge is 0.325 e. The van der Waals surface area contributed by atoms with Gasteiger partial charge in [-0.15, -0.1) is 0 Å². The molecule has 0 aliphatic heterocycles. The van der Waals surface area contributed by atoms with Crippen molar-refractivity contribution in [1.29, 1.82) is 0 Å². The van der Waals surface area contributed by atoms with Crippen molar-refractivity contribution in [3.05, 3.63) is 78.1 Å². The molecule has 2 amide bonds. The van der Waals surface area contributed by atoms with Crippen LogP contribution in [0.3, 0.4) is 0 Å². The predicted octanol–water partition coefficient (Wildman–Crippen LogP) is 2.89. The van der Waals surface area contributed by atoms with Gasteiger partial charge in [0, 0.05) is 5.56 Å². The molecule has 3 rings (SSSR count). The molecule has 0 aromatic heterocycles. The number of hydrogen-bond donors (Lipinski definition) is 2. The van der Waals surface area contributed by atoms with Gasteiger partial charge >= 0.3 is 5.97 Å². The van der Waals surface area contributed by atoms with E-state index in [1.165, 1.54) is 18.2 Å². The third-order valence-electron chi connectivity index (χ3n) is 3.92. The first-order valence-electron chi connectivity index (χ1n) is 8.50. The molecule has 0 aliphatic carbocycles. The van der Waals surface area contributed by atoms with Gasteiger partial charge in [-0.25, -0.2) is 4.39 Å². The molecule has 0 unspecified atom stereocenters. The van der Waals surface area contributed by atoms with Crippen LogP contribution in [0.1, 0.15) is 10.4 Å². The topological polar surface area (TPSA) is 84.5 Å². The molecule has 0 fully saturated rings. The molecule has 0 atom stereocenters. The van der Waals surface area contributed by atoms with E-state index in [9.17, 15) is 18.8 Å². The molecule has 28 heavy (non-hydrogen) atoms. The lowest BCUT2D eigenvalue weighted by Gasteiger charge is -2.08. The zero-order valence-electron chi connectivity index (χ0n) is 14.8. The van der Waals surface area contributed by atoms with Gasteiger partial charge in [0.2, 0.25) is 0 Å². The summed E-state index contributed by atoms with van der Waals surface area (Å²) in [6, 6.07) is 18.4. The zero-order valence-corrected chi connectivity index (χ0v) is 14.8. The lowest BCUT2D eigenvalue weighted by atomic mass is 10.1. The number of ether oxygens (including phenoxy) is 1. The first-order chi connectivity index (χ1) is 13.5. The van der Waals surface area contributed by atoms with Crippen molar-refractivity contribution in [1.82, 2.24) is 5.32 Å². The van der Waals surface area contributed by atoms with Crippen LogP contribution < -0.4 is 10.6 Å².